The van der Waals surface area contributed by atoms with Crippen LogP contribution in [0.15, 0.2) is 11.6 Å². The van der Waals surface area contributed by atoms with E-state index in [1.54, 1.807) is 5.57 Å². The summed E-state index contributed by atoms with van der Waals surface area (Å²) in [6.45, 7) is 3.82. The lowest BCUT2D eigenvalue weighted by molar-refractivity contribution is -0.167. The quantitative estimate of drug-likeness (QED) is 0.390. The highest BCUT2D eigenvalue weighted by Gasteiger charge is 2.64. The fourth-order valence-electron chi connectivity index (χ4n) is 6.98. The van der Waals surface area contributed by atoms with Crippen LogP contribution < -0.4 is 0 Å². The highest BCUT2D eigenvalue weighted by molar-refractivity contribution is 5.67. The Morgan fingerprint density at radius 1 is 1.25 bits per heavy atom. The molecule has 6 atom stereocenters. The van der Waals surface area contributed by atoms with E-state index in [1.165, 1.54) is 45.4 Å². The maximum Gasteiger partial charge on any atom is 0.304 e. The molecule has 0 heterocycles. The van der Waals surface area contributed by atoms with Crippen molar-refractivity contribution in [2.75, 3.05) is 0 Å². The van der Waals surface area contributed by atoms with Crippen molar-refractivity contribution in [3.8, 4) is 12.3 Å². The van der Waals surface area contributed by atoms with Crippen molar-refractivity contribution in [2.45, 2.75) is 77.2 Å². The predicted molar refractivity (Wildman–Crippen MR) is 95.0 cm³/mol. The molecule has 0 saturated heterocycles. The molecule has 2 nitrogen and oxygen atoms in total. The van der Waals surface area contributed by atoms with Gasteiger partial charge >= 0.3 is 5.97 Å². The van der Waals surface area contributed by atoms with Crippen LogP contribution in [0.25, 0.3) is 0 Å². The Balaban J connectivity index is 1.65. The van der Waals surface area contributed by atoms with Gasteiger partial charge in [-0.1, -0.05) is 24.5 Å². The molecule has 0 N–H and O–H groups in total. The fraction of sp³-hybridized carbons (Fsp3) is 0.773. The van der Waals surface area contributed by atoms with Crippen molar-refractivity contribution in [2.24, 2.45) is 29.1 Å². The Bertz CT molecular complexity index is 612. The molecule has 0 unspecified atom stereocenters. The number of terminal acetylenes is 1. The molecule has 0 radical (unpaired) electrons. The molecule has 3 fully saturated rings. The van der Waals surface area contributed by atoms with Gasteiger partial charge in [-0.25, -0.2) is 0 Å². The highest BCUT2D eigenvalue weighted by Crippen LogP contribution is 2.65. The molecule has 0 spiro atoms. The number of ether oxygens (including phenoxy) is 1. The van der Waals surface area contributed by atoms with Crippen molar-refractivity contribution in [3.63, 3.8) is 0 Å². The highest BCUT2D eigenvalue weighted by atomic mass is 16.6. The molecule has 0 amide bonds. The Morgan fingerprint density at radius 2 is 2.08 bits per heavy atom. The maximum atomic E-state index is 11.7. The van der Waals surface area contributed by atoms with Crippen LogP contribution >= 0.6 is 0 Å². The molecule has 3 saturated carbocycles. The van der Waals surface area contributed by atoms with Gasteiger partial charge in [0, 0.05) is 12.3 Å². The zero-order valence-electron chi connectivity index (χ0n) is 15.1. The molecule has 0 aromatic rings. The Labute approximate surface area is 146 Å². The van der Waals surface area contributed by atoms with E-state index in [2.05, 4.69) is 18.9 Å². The molecular formula is C22H30O2. The summed E-state index contributed by atoms with van der Waals surface area (Å²) < 4.78 is 5.82. The monoisotopic (exact) mass is 326 g/mol. The third-order valence-electron chi connectivity index (χ3n) is 8.05. The lowest BCUT2D eigenvalue weighted by atomic mass is 9.50. The summed E-state index contributed by atoms with van der Waals surface area (Å²) in [5.41, 5.74) is 1.05. The molecule has 4 aliphatic carbocycles. The number of fused-ring (bicyclic) bond motifs is 5. The lowest BCUT2D eigenvalue weighted by Crippen LogP contribution is -2.53. The van der Waals surface area contributed by atoms with Crippen LogP contribution in [0.1, 0.15) is 71.6 Å². The van der Waals surface area contributed by atoms with E-state index in [9.17, 15) is 4.79 Å². The average Bonchev–Trinajstić information content (AvgIpc) is 2.87. The number of carbonyl (C=O) groups excluding carboxylic acids is 1. The second-order valence-electron chi connectivity index (χ2n) is 8.85. The second-order valence-corrected chi connectivity index (χ2v) is 8.85. The SMILES string of the molecule is C#C[C@@]1(OC(C)=O)CC[C@H]2[C@@H]3CCC4=CCCC[C@@H]4[C@H]3CC[C@@]21C. The van der Waals surface area contributed by atoms with Crippen molar-refractivity contribution >= 4 is 5.97 Å². The summed E-state index contributed by atoms with van der Waals surface area (Å²) in [6, 6.07) is 0. The smallest absolute Gasteiger partial charge is 0.304 e. The van der Waals surface area contributed by atoms with Crippen LogP contribution in [0.3, 0.4) is 0 Å². The lowest BCUT2D eigenvalue weighted by Gasteiger charge is -2.55. The predicted octanol–water partition coefficient (Wildman–Crippen LogP) is 4.88. The maximum absolute atomic E-state index is 11.7. The Kier molecular flexibility index (Phi) is 3.83. The third-order valence-corrected chi connectivity index (χ3v) is 8.05. The normalized spacial score (nSPS) is 46.8. The van der Waals surface area contributed by atoms with Gasteiger partial charge in [-0.3, -0.25) is 4.79 Å². The van der Waals surface area contributed by atoms with Crippen LogP contribution in [0.5, 0.6) is 0 Å². The van der Waals surface area contributed by atoms with E-state index in [-0.39, 0.29) is 11.4 Å². The standard InChI is InChI=1S/C22H30O2/c1-4-22(24-15(2)23)14-12-20-19-10-9-16-7-5-6-8-17(16)18(19)11-13-21(20,22)3/h1,7,17-20H,5-6,8-14H2,2-3H3/t17-,18+,19+,20-,21-,22+/m0/s1. The molecule has 24 heavy (non-hydrogen) atoms. The Morgan fingerprint density at radius 3 is 2.83 bits per heavy atom. The van der Waals surface area contributed by atoms with Crippen molar-refractivity contribution in [3.05, 3.63) is 11.6 Å². The molecule has 0 aliphatic heterocycles. The summed E-state index contributed by atoms with van der Waals surface area (Å²) in [7, 11) is 0. The van der Waals surface area contributed by atoms with E-state index in [0.29, 0.717) is 5.92 Å². The largest absolute Gasteiger partial charge is 0.445 e. The first-order valence-corrected chi connectivity index (χ1v) is 9.87. The minimum atomic E-state index is -0.669. The molecule has 2 heteroatoms. The van der Waals surface area contributed by atoms with Crippen molar-refractivity contribution in [1.29, 1.82) is 0 Å². The van der Waals surface area contributed by atoms with Gasteiger partial charge in [-0.2, -0.15) is 0 Å². The molecular weight excluding hydrogens is 296 g/mol. The summed E-state index contributed by atoms with van der Waals surface area (Å²) in [6.07, 6.45) is 19.5. The van der Waals surface area contributed by atoms with Gasteiger partial charge in [-0.15, -0.1) is 6.42 Å². The first kappa shape index (κ1) is 16.2. The van der Waals surface area contributed by atoms with E-state index < -0.39 is 5.60 Å². The van der Waals surface area contributed by atoms with Gasteiger partial charge < -0.3 is 4.74 Å². The number of rotatable bonds is 1. The third kappa shape index (κ3) is 2.13. The average molecular weight is 326 g/mol. The van der Waals surface area contributed by atoms with Gasteiger partial charge in [0.15, 0.2) is 5.60 Å². The second kappa shape index (κ2) is 5.65. The fourth-order valence-corrected chi connectivity index (χ4v) is 6.98. The van der Waals surface area contributed by atoms with Crippen LogP contribution in [0, 0.1) is 41.4 Å². The number of hydrogen-bond donors (Lipinski definition) is 0. The number of allylic oxidation sites excluding steroid dienone is 2. The summed E-state index contributed by atoms with van der Waals surface area (Å²) in [5, 5.41) is 0. The Hall–Kier alpha value is -1.23. The van der Waals surface area contributed by atoms with Gasteiger partial charge in [0.1, 0.15) is 0 Å². The van der Waals surface area contributed by atoms with Gasteiger partial charge in [0.25, 0.3) is 0 Å². The first-order chi connectivity index (χ1) is 11.5. The van der Waals surface area contributed by atoms with Crippen LogP contribution in [-0.2, 0) is 9.53 Å². The summed E-state index contributed by atoms with van der Waals surface area (Å²) in [5.74, 6) is 5.79. The van der Waals surface area contributed by atoms with Crippen LogP contribution in [-0.4, -0.2) is 11.6 Å². The molecule has 0 aromatic carbocycles. The van der Waals surface area contributed by atoms with Gasteiger partial charge in [0.05, 0.1) is 0 Å². The number of hydrogen-bond acceptors (Lipinski definition) is 2. The van der Waals surface area contributed by atoms with E-state index in [4.69, 9.17) is 11.2 Å². The van der Waals surface area contributed by atoms with Gasteiger partial charge in [0.2, 0.25) is 0 Å². The minimum Gasteiger partial charge on any atom is -0.445 e. The molecule has 4 aliphatic rings. The van der Waals surface area contributed by atoms with Crippen molar-refractivity contribution in [1.82, 2.24) is 0 Å². The van der Waals surface area contributed by atoms with E-state index in [0.717, 1.165) is 37.0 Å². The number of esters is 1. The summed E-state index contributed by atoms with van der Waals surface area (Å²) >= 11 is 0. The molecule has 0 bridgehead atoms. The zero-order valence-corrected chi connectivity index (χ0v) is 15.1. The van der Waals surface area contributed by atoms with Gasteiger partial charge in [-0.05, 0) is 81.5 Å². The van der Waals surface area contributed by atoms with Crippen molar-refractivity contribution < 1.29 is 9.53 Å². The zero-order chi connectivity index (χ0) is 16.9. The minimum absolute atomic E-state index is 0.0372. The topological polar surface area (TPSA) is 26.3 Å². The summed E-state index contributed by atoms with van der Waals surface area (Å²) in [4.78, 5) is 11.7. The molecule has 130 valence electrons. The number of carbonyl (C=O) groups is 1. The molecule has 0 aromatic heterocycles. The van der Waals surface area contributed by atoms with Crippen LogP contribution in [0.4, 0.5) is 0 Å². The van der Waals surface area contributed by atoms with E-state index >= 15 is 0 Å². The van der Waals surface area contributed by atoms with Crippen LogP contribution in [0.2, 0.25) is 0 Å². The first-order valence-electron chi connectivity index (χ1n) is 9.87. The molecule has 4 rings (SSSR count). The van der Waals surface area contributed by atoms with E-state index in [1.807, 2.05) is 0 Å².